The van der Waals surface area contributed by atoms with E-state index < -0.39 is 58.3 Å². The fourth-order valence-corrected chi connectivity index (χ4v) is 9.41. The lowest BCUT2D eigenvalue weighted by molar-refractivity contribution is -0.141. The Morgan fingerprint density at radius 2 is 1.56 bits per heavy atom. The Hall–Kier alpha value is -4.81. The van der Waals surface area contributed by atoms with Crippen LogP contribution in [0.15, 0.2) is 71.3 Å². The van der Waals surface area contributed by atoms with E-state index in [1.54, 1.807) is 21.0 Å². The van der Waals surface area contributed by atoms with Gasteiger partial charge in [-0.05, 0) is 99.2 Å². The molecule has 0 bridgehead atoms. The number of carbonyl (C=O) groups is 3. The predicted molar refractivity (Wildman–Crippen MR) is 191 cm³/mol. The van der Waals surface area contributed by atoms with Crippen LogP contribution < -0.4 is 9.47 Å². The molecule has 3 aliphatic carbocycles. The maximum atomic E-state index is 15.3. The standard InChI is InChI=1S/C42H42F3N3O6/c1-41-29(35(47(2)3)37-33(39(41)51)40(46-54-37)53-23-25-14-8-5-9-15-25)19-26-18-28-32(36(49)31(26)38(41)50)30(52-22-24-12-6-4-7-13-24)20-27(34(28)42(43,44)45)21-48-16-10-11-17-48/h4-9,12-15,20,26,29,31,35H,10-11,16-19,21-23H2,1-3H3. The van der Waals surface area contributed by atoms with Crippen LogP contribution in [0.1, 0.15) is 86.5 Å². The van der Waals surface area contributed by atoms with Crippen molar-refractivity contribution in [3.63, 3.8) is 0 Å². The minimum Gasteiger partial charge on any atom is -0.488 e. The fourth-order valence-electron chi connectivity index (χ4n) is 9.41. The number of rotatable bonds is 9. The van der Waals surface area contributed by atoms with E-state index in [1.165, 1.54) is 6.07 Å². The van der Waals surface area contributed by atoms with Crippen LogP contribution in [0.5, 0.6) is 11.6 Å². The number of likely N-dealkylation sites (tertiary alicyclic amines) is 1. The zero-order chi connectivity index (χ0) is 37.9. The van der Waals surface area contributed by atoms with Gasteiger partial charge in [-0.3, -0.25) is 24.2 Å². The number of hydrogen-bond donors (Lipinski definition) is 0. The van der Waals surface area contributed by atoms with Crippen LogP contribution >= 0.6 is 0 Å². The fraction of sp³-hybridized carbons (Fsp3) is 0.429. The number of halogens is 3. The Morgan fingerprint density at radius 3 is 2.17 bits per heavy atom. The maximum absolute atomic E-state index is 15.3. The van der Waals surface area contributed by atoms with Crippen LogP contribution in [-0.4, -0.2) is 59.5 Å². The summed E-state index contributed by atoms with van der Waals surface area (Å²) in [4.78, 5) is 48.3. The molecule has 2 heterocycles. The van der Waals surface area contributed by atoms with Crippen molar-refractivity contribution in [2.45, 2.75) is 64.6 Å². The Kier molecular flexibility index (Phi) is 9.24. The summed E-state index contributed by atoms with van der Waals surface area (Å²) < 4.78 is 63.9. The zero-order valence-corrected chi connectivity index (χ0v) is 30.4. The van der Waals surface area contributed by atoms with Gasteiger partial charge >= 0.3 is 6.18 Å². The maximum Gasteiger partial charge on any atom is 0.417 e. The quantitative estimate of drug-likeness (QED) is 0.161. The third-order valence-corrected chi connectivity index (χ3v) is 12.0. The molecule has 12 heteroatoms. The van der Waals surface area contributed by atoms with E-state index in [0.29, 0.717) is 13.1 Å². The Morgan fingerprint density at radius 1 is 0.926 bits per heavy atom. The number of Topliss-reactive ketones (excluding diaryl/α,β-unsaturated/α-hetero) is 3. The van der Waals surface area contributed by atoms with Gasteiger partial charge in [0, 0.05) is 12.5 Å². The van der Waals surface area contributed by atoms with Gasteiger partial charge in [0.05, 0.1) is 28.5 Å². The van der Waals surface area contributed by atoms with E-state index in [9.17, 15) is 14.4 Å². The zero-order valence-electron chi connectivity index (χ0n) is 30.4. The molecular weight excluding hydrogens is 699 g/mol. The average Bonchev–Trinajstić information content (AvgIpc) is 3.81. The van der Waals surface area contributed by atoms with Gasteiger partial charge in [0.25, 0.3) is 5.88 Å². The highest BCUT2D eigenvalue weighted by Crippen LogP contribution is 2.60. The summed E-state index contributed by atoms with van der Waals surface area (Å²) in [6, 6.07) is 19.2. The van der Waals surface area contributed by atoms with E-state index in [0.717, 1.165) is 24.0 Å². The van der Waals surface area contributed by atoms with Crippen molar-refractivity contribution in [2.24, 2.45) is 23.2 Å². The summed E-state index contributed by atoms with van der Waals surface area (Å²) in [5.74, 6) is -4.52. The number of ketones is 3. The predicted octanol–water partition coefficient (Wildman–Crippen LogP) is 7.51. The number of hydrogen-bond acceptors (Lipinski definition) is 9. The van der Waals surface area contributed by atoms with Crippen LogP contribution in [0, 0.1) is 23.2 Å². The molecule has 0 N–H and O–H groups in total. The van der Waals surface area contributed by atoms with Crippen molar-refractivity contribution in [1.29, 1.82) is 0 Å². The summed E-state index contributed by atoms with van der Waals surface area (Å²) in [5, 5.41) is 4.13. The number of ether oxygens (including phenoxy) is 2. The molecule has 0 radical (unpaired) electrons. The second kappa shape index (κ2) is 13.8. The third-order valence-electron chi connectivity index (χ3n) is 12.0. The number of fused-ring (bicyclic) bond motifs is 4. The Balaban J connectivity index is 1.22. The summed E-state index contributed by atoms with van der Waals surface area (Å²) in [7, 11) is 3.58. The smallest absolute Gasteiger partial charge is 0.417 e. The lowest BCUT2D eigenvalue weighted by Gasteiger charge is -2.52. The number of benzene rings is 3. The topological polar surface area (TPSA) is 102 Å². The molecule has 9 nitrogen and oxygen atoms in total. The molecular formula is C42H42F3N3O6. The second-order valence-electron chi connectivity index (χ2n) is 15.5. The Bertz CT molecular complexity index is 2090. The highest BCUT2D eigenvalue weighted by atomic mass is 19.4. The van der Waals surface area contributed by atoms with E-state index in [-0.39, 0.29) is 72.2 Å². The summed E-state index contributed by atoms with van der Waals surface area (Å²) in [6.07, 6.45) is -3.01. The molecule has 1 saturated carbocycles. The van der Waals surface area contributed by atoms with Gasteiger partial charge in [-0.25, -0.2) is 0 Å². The van der Waals surface area contributed by atoms with Crippen LogP contribution in [0.2, 0.25) is 0 Å². The molecule has 1 saturated heterocycles. The van der Waals surface area contributed by atoms with Crippen molar-refractivity contribution in [2.75, 3.05) is 27.2 Å². The average molecular weight is 742 g/mol. The van der Waals surface area contributed by atoms with Gasteiger partial charge in [0.15, 0.2) is 23.1 Å². The number of nitrogens with zero attached hydrogens (tertiary/aromatic N) is 3. The summed E-state index contributed by atoms with van der Waals surface area (Å²) in [5.41, 5.74) is -1.17. The van der Waals surface area contributed by atoms with E-state index in [4.69, 9.17) is 14.0 Å². The normalized spacial score (nSPS) is 25.3. The lowest BCUT2D eigenvalue weighted by Crippen LogP contribution is -2.60. The molecule has 5 unspecified atom stereocenters. The third kappa shape index (κ3) is 6.03. The number of aromatic nitrogens is 1. The largest absolute Gasteiger partial charge is 0.488 e. The molecule has 1 aromatic heterocycles. The summed E-state index contributed by atoms with van der Waals surface area (Å²) in [6.45, 7) is 3.08. The number of carbonyl (C=O) groups excluding carboxylic acids is 3. The highest BCUT2D eigenvalue weighted by Gasteiger charge is 2.66. The van der Waals surface area contributed by atoms with Crippen molar-refractivity contribution in [3.05, 3.63) is 111 Å². The molecule has 4 aromatic rings. The molecule has 5 atom stereocenters. The Labute approximate surface area is 311 Å². The van der Waals surface area contributed by atoms with Gasteiger partial charge in [0.2, 0.25) is 0 Å². The monoisotopic (exact) mass is 741 g/mol. The first-order valence-corrected chi connectivity index (χ1v) is 18.5. The number of alkyl halides is 3. The van der Waals surface area contributed by atoms with Gasteiger partial charge < -0.3 is 14.0 Å². The first kappa shape index (κ1) is 36.2. The van der Waals surface area contributed by atoms with Crippen molar-refractivity contribution >= 4 is 17.3 Å². The first-order chi connectivity index (χ1) is 25.9. The van der Waals surface area contributed by atoms with Crippen LogP contribution in [0.3, 0.4) is 0 Å². The molecule has 0 spiro atoms. The molecule has 2 fully saturated rings. The van der Waals surface area contributed by atoms with Crippen LogP contribution in [-0.2, 0) is 37.2 Å². The van der Waals surface area contributed by atoms with Crippen molar-refractivity contribution in [1.82, 2.24) is 15.0 Å². The van der Waals surface area contributed by atoms with Crippen molar-refractivity contribution in [3.8, 4) is 11.6 Å². The van der Waals surface area contributed by atoms with Gasteiger partial charge in [-0.15, -0.1) is 0 Å². The van der Waals surface area contributed by atoms with Crippen molar-refractivity contribution < 1.29 is 41.6 Å². The highest BCUT2D eigenvalue weighted by molar-refractivity contribution is 6.24. The lowest BCUT2D eigenvalue weighted by atomic mass is 9.49. The minimum absolute atomic E-state index is 0.0158. The minimum atomic E-state index is -4.77. The molecule has 3 aromatic carbocycles. The molecule has 282 valence electrons. The van der Waals surface area contributed by atoms with E-state index >= 15 is 13.2 Å². The van der Waals surface area contributed by atoms with Gasteiger partial charge in [-0.1, -0.05) is 60.7 Å². The molecule has 54 heavy (non-hydrogen) atoms. The first-order valence-electron chi connectivity index (χ1n) is 18.5. The molecule has 0 amide bonds. The second-order valence-corrected chi connectivity index (χ2v) is 15.5. The SMILES string of the molecule is CN(C)C1c2onc(OCc3ccccc3)c2C(=O)C2(C)C(=O)C3C(=O)c4c(OCc5ccccc5)cc(CN5CCCC5)c(C(F)(F)F)c4CC3CC12. The van der Waals surface area contributed by atoms with E-state index in [2.05, 4.69) is 5.16 Å². The molecule has 4 aliphatic rings. The van der Waals surface area contributed by atoms with Crippen LogP contribution in [0.25, 0.3) is 0 Å². The summed E-state index contributed by atoms with van der Waals surface area (Å²) >= 11 is 0. The molecule has 1 aliphatic heterocycles. The molecule has 8 rings (SSSR count). The van der Waals surface area contributed by atoms with E-state index in [1.807, 2.05) is 70.5 Å². The van der Waals surface area contributed by atoms with Gasteiger partial charge in [-0.2, -0.15) is 13.2 Å². The van der Waals surface area contributed by atoms with Crippen LogP contribution in [0.4, 0.5) is 13.2 Å². The van der Waals surface area contributed by atoms with Gasteiger partial charge in [0.1, 0.15) is 24.5 Å².